The van der Waals surface area contributed by atoms with E-state index in [9.17, 15) is 13.2 Å². The molecule has 0 radical (unpaired) electrons. The van der Waals surface area contributed by atoms with E-state index in [4.69, 9.17) is 16.3 Å². The summed E-state index contributed by atoms with van der Waals surface area (Å²) in [5.74, 6) is 0.241. The second-order valence-corrected chi connectivity index (χ2v) is 8.48. The number of sulfonamides is 1. The van der Waals surface area contributed by atoms with Crippen LogP contribution in [0.15, 0.2) is 57.8 Å². The van der Waals surface area contributed by atoms with Crippen molar-refractivity contribution in [2.24, 2.45) is 10.3 Å². The molecule has 0 saturated carbocycles. The molecule has 0 bridgehead atoms. The Balaban J connectivity index is 1.44. The van der Waals surface area contributed by atoms with Crippen LogP contribution in [0.2, 0.25) is 5.02 Å². The number of carbonyl (C=O) groups is 1. The summed E-state index contributed by atoms with van der Waals surface area (Å²) in [5, 5.41) is 0.394. The van der Waals surface area contributed by atoms with E-state index in [1.807, 2.05) is 4.90 Å². The van der Waals surface area contributed by atoms with Crippen molar-refractivity contribution in [3.8, 4) is 5.75 Å². The number of nitrogens with zero attached hydrogens (tertiary/aromatic N) is 2. The van der Waals surface area contributed by atoms with E-state index in [1.165, 1.54) is 0 Å². The smallest absolute Gasteiger partial charge is 0.314 e. The third kappa shape index (κ3) is 3.44. The lowest BCUT2D eigenvalue weighted by molar-refractivity contribution is -0.140. The number of piperidine rings is 1. The predicted molar refractivity (Wildman–Crippen MR) is 102 cm³/mol. The molecule has 2 aliphatic rings. The monoisotopic (exact) mass is 404 g/mol. The molecule has 1 saturated heterocycles. The van der Waals surface area contributed by atoms with Crippen molar-refractivity contribution < 1.29 is 17.9 Å². The Hall–Kier alpha value is -2.38. The first-order valence-electron chi connectivity index (χ1n) is 8.61. The van der Waals surface area contributed by atoms with Crippen molar-refractivity contribution in [3.05, 3.63) is 59.1 Å². The van der Waals surface area contributed by atoms with E-state index in [0.717, 1.165) is 0 Å². The molecule has 2 heterocycles. The molecular formula is C19H17ClN2O4S. The number of amidine groups is 1. The lowest BCUT2D eigenvalue weighted by Gasteiger charge is -2.32. The number of esters is 1. The van der Waals surface area contributed by atoms with Gasteiger partial charge >= 0.3 is 5.97 Å². The second-order valence-electron chi connectivity index (χ2n) is 6.50. The van der Waals surface area contributed by atoms with Crippen molar-refractivity contribution in [2.45, 2.75) is 17.7 Å². The fourth-order valence-electron chi connectivity index (χ4n) is 3.36. The van der Waals surface area contributed by atoms with Crippen LogP contribution in [0.3, 0.4) is 0 Å². The summed E-state index contributed by atoms with van der Waals surface area (Å²) in [6, 6.07) is 13.7. The highest BCUT2D eigenvalue weighted by Crippen LogP contribution is 2.30. The Morgan fingerprint density at radius 1 is 1.07 bits per heavy atom. The maximum Gasteiger partial charge on any atom is 0.314 e. The lowest BCUT2D eigenvalue weighted by Crippen LogP contribution is -2.41. The van der Waals surface area contributed by atoms with E-state index >= 15 is 0 Å². The number of rotatable bonds is 2. The predicted octanol–water partition coefficient (Wildman–Crippen LogP) is 3.11. The summed E-state index contributed by atoms with van der Waals surface area (Å²) < 4.78 is 33.8. The van der Waals surface area contributed by atoms with Crippen LogP contribution in [-0.4, -0.2) is 38.2 Å². The average Bonchev–Trinajstić information content (AvgIpc) is 2.95. The first-order valence-corrected chi connectivity index (χ1v) is 10.4. The van der Waals surface area contributed by atoms with Gasteiger partial charge in [0.25, 0.3) is 10.0 Å². The molecule has 8 heteroatoms. The Morgan fingerprint density at radius 3 is 2.48 bits per heavy atom. The molecule has 1 fully saturated rings. The number of hydrogen-bond acceptors (Lipinski definition) is 5. The Kier molecular flexibility index (Phi) is 4.65. The van der Waals surface area contributed by atoms with Crippen molar-refractivity contribution in [3.63, 3.8) is 0 Å². The fourth-order valence-corrected chi connectivity index (χ4v) is 4.76. The van der Waals surface area contributed by atoms with Crippen molar-refractivity contribution in [1.82, 2.24) is 4.90 Å². The molecular weight excluding hydrogens is 388 g/mol. The standard InChI is InChI=1S/C19H17ClN2O4S/c20-15-6-2-3-7-16(15)26-19(23)13-9-11-22(12-10-13)18-14-5-1-4-8-17(14)27(24,25)21-18/h1-8,13H,9-12H2. The van der Waals surface area contributed by atoms with Gasteiger partial charge in [0.15, 0.2) is 5.84 Å². The van der Waals surface area contributed by atoms with Crippen molar-refractivity contribution in [2.75, 3.05) is 13.1 Å². The van der Waals surface area contributed by atoms with E-state index in [2.05, 4.69) is 4.40 Å². The molecule has 0 unspecified atom stereocenters. The molecule has 4 rings (SSSR count). The number of para-hydroxylation sites is 1. The summed E-state index contributed by atoms with van der Waals surface area (Å²) in [7, 11) is -3.64. The van der Waals surface area contributed by atoms with Gasteiger partial charge in [0, 0.05) is 18.7 Å². The second kappa shape index (κ2) is 6.98. The van der Waals surface area contributed by atoms with Crippen LogP contribution >= 0.6 is 11.6 Å². The summed E-state index contributed by atoms with van der Waals surface area (Å²) in [4.78, 5) is 14.6. The van der Waals surface area contributed by atoms with E-state index in [1.54, 1.807) is 48.5 Å². The number of fused-ring (bicyclic) bond motifs is 1. The maximum absolute atomic E-state index is 12.4. The van der Waals surface area contributed by atoms with Gasteiger partial charge in [-0.05, 0) is 37.1 Å². The first kappa shape index (κ1) is 18.0. The van der Waals surface area contributed by atoms with Gasteiger partial charge < -0.3 is 9.64 Å². The van der Waals surface area contributed by atoms with Crippen LogP contribution < -0.4 is 4.74 Å². The molecule has 6 nitrogen and oxygen atoms in total. The molecule has 0 aliphatic carbocycles. The summed E-state index contributed by atoms with van der Waals surface area (Å²) in [6.07, 6.45) is 1.12. The topological polar surface area (TPSA) is 76.0 Å². The van der Waals surface area contributed by atoms with Gasteiger partial charge in [0.2, 0.25) is 0 Å². The summed E-state index contributed by atoms with van der Waals surface area (Å²) in [6.45, 7) is 1.07. The number of halogens is 1. The van der Waals surface area contributed by atoms with Crippen molar-refractivity contribution >= 4 is 33.4 Å². The van der Waals surface area contributed by atoms with Gasteiger partial charge in [0.1, 0.15) is 10.6 Å². The SMILES string of the molecule is O=C(Oc1ccccc1Cl)C1CCN(C2=NS(=O)(=O)c3ccccc32)CC1. The number of likely N-dealkylation sites (tertiary alicyclic amines) is 1. The van der Waals surface area contributed by atoms with Gasteiger partial charge in [-0.15, -0.1) is 4.40 Å². The van der Waals surface area contributed by atoms with Gasteiger partial charge in [-0.1, -0.05) is 35.9 Å². The molecule has 140 valence electrons. The molecule has 27 heavy (non-hydrogen) atoms. The zero-order chi connectivity index (χ0) is 19.0. The van der Waals surface area contributed by atoms with Crippen LogP contribution in [0, 0.1) is 5.92 Å². The Labute approximate surface area is 162 Å². The molecule has 2 aromatic carbocycles. The van der Waals surface area contributed by atoms with Crippen molar-refractivity contribution in [1.29, 1.82) is 0 Å². The average molecular weight is 405 g/mol. The molecule has 2 aromatic rings. The highest BCUT2D eigenvalue weighted by molar-refractivity contribution is 7.90. The molecule has 0 atom stereocenters. The quantitative estimate of drug-likeness (QED) is 0.567. The van der Waals surface area contributed by atoms with Gasteiger partial charge in [-0.25, -0.2) is 0 Å². The minimum atomic E-state index is -3.64. The number of ether oxygens (including phenoxy) is 1. The molecule has 0 amide bonds. The van der Waals surface area contributed by atoms with Crippen LogP contribution in [-0.2, 0) is 14.8 Å². The highest BCUT2D eigenvalue weighted by atomic mass is 35.5. The maximum atomic E-state index is 12.4. The largest absolute Gasteiger partial charge is 0.425 e. The van der Waals surface area contributed by atoms with Crippen LogP contribution in [0.5, 0.6) is 5.75 Å². The zero-order valence-corrected chi connectivity index (χ0v) is 15.9. The number of benzene rings is 2. The first-order chi connectivity index (χ1) is 13.0. The lowest BCUT2D eigenvalue weighted by atomic mass is 9.96. The van der Waals surface area contributed by atoms with E-state index in [0.29, 0.717) is 48.1 Å². The van der Waals surface area contributed by atoms with Crippen LogP contribution in [0.1, 0.15) is 18.4 Å². The molecule has 0 spiro atoms. The van der Waals surface area contributed by atoms with E-state index < -0.39 is 10.0 Å². The third-order valence-electron chi connectivity index (χ3n) is 4.79. The van der Waals surface area contributed by atoms with E-state index in [-0.39, 0.29) is 16.8 Å². The minimum absolute atomic E-state index is 0.236. The normalized spacial score (nSPS) is 18.7. The third-order valence-corrected chi connectivity index (χ3v) is 6.42. The number of hydrogen-bond donors (Lipinski definition) is 0. The molecule has 2 aliphatic heterocycles. The Bertz CT molecular complexity index is 1030. The minimum Gasteiger partial charge on any atom is -0.425 e. The zero-order valence-electron chi connectivity index (χ0n) is 14.3. The molecule has 0 N–H and O–H groups in total. The van der Waals surface area contributed by atoms with Gasteiger partial charge in [0.05, 0.1) is 10.9 Å². The highest BCUT2D eigenvalue weighted by Gasteiger charge is 2.34. The van der Waals surface area contributed by atoms with Gasteiger partial charge in [-0.3, -0.25) is 4.79 Å². The summed E-state index contributed by atoms with van der Waals surface area (Å²) >= 11 is 6.03. The molecule has 0 aromatic heterocycles. The van der Waals surface area contributed by atoms with Crippen LogP contribution in [0.4, 0.5) is 0 Å². The fraction of sp³-hybridized carbons (Fsp3) is 0.263. The van der Waals surface area contributed by atoms with Crippen LogP contribution in [0.25, 0.3) is 0 Å². The Morgan fingerprint density at radius 2 is 1.74 bits per heavy atom. The van der Waals surface area contributed by atoms with Gasteiger partial charge in [-0.2, -0.15) is 8.42 Å². The number of carbonyl (C=O) groups excluding carboxylic acids is 1. The summed E-state index contributed by atoms with van der Waals surface area (Å²) in [5.41, 5.74) is 0.620.